The lowest BCUT2D eigenvalue weighted by molar-refractivity contribution is -0.134. The Labute approximate surface area is 116 Å². The lowest BCUT2D eigenvalue weighted by atomic mass is 9.75. The highest BCUT2D eigenvalue weighted by atomic mass is 16.3. The molecule has 19 heavy (non-hydrogen) atoms. The molecular weight excluding hydrogens is 240 g/mol. The molecular formula is C15H28N2O2. The average Bonchev–Trinajstić information content (AvgIpc) is 2.46. The Balaban J connectivity index is 1.88. The molecule has 0 radical (unpaired) electrons. The molecule has 1 aliphatic heterocycles. The quantitative estimate of drug-likeness (QED) is 0.725. The summed E-state index contributed by atoms with van der Waals surface area (Å²) in [6.07, 6.45) is 7.73. The van der Waals surface area contributed by atoms with Crippen molar-refractivity contribution in [1.82, 2.24) is 10.6 Å². The first-order valence-electron chi connectivity index (χ1n) is 7.82. The Morgan fingerprint density at radius 3 is 2.37 bits per heavy atom. The molecule has 1 saturated heterocycles. The van der Waals surface area contributed by atoms with E-state index in [2.05, 4.69) is 17.6 Å². The zero-order chi connectivity index (χ0) is 13.8. The van der Waals surface area contributed by atoms with Crippen molar-refractivity contribution in [2.75, 3.05) is 19.6 Å². The molecule has 0 bridgehead atoms. The fourth-order valence-corrected chi connectivity index (χ4v) is 3.47. The molecule has 0 spiro atoms. The standard InChI is InChI=1S/C15H28N2O2/c1-2-14(8-10-16-11-9-14)13(18)17-12-15(19)6-4-3-5-7-15/h16,19H,2-12H2,1H3,(H,17,18). The third-order valence-electron chi connectivity index (χ3n) is 5.08. The van der Waals surface area contributed by atoms with E-state index in [1.54, 1.807) is 0 Å². The third kappa shape index (κ3) is 3.48. The maximum atomic E-state index is 12.5. The van der Waals surface area contributed by atoms with E-state index in [9.17, 15) is 9.90 Å². The van der Waals surface area contributed by atoms with Crippen molar-refractivity contribution in [3.8, 4) is 0 Å². The van der Waals surface area contributed by atoms with Crippen LogP contribution in [0.1, 0.15) is 58.3 Å². The summed E-state index contributed by atoms with van der Waals surface area (Å²) in [5.41, 5.74) is -0.869. The highest BCUT2D eigenvalue weighted by molar-refractivity contribution is 5.82. The Hall–Kier alpha value is -0.610. The monoisotopic (exact) mass is 268 g/mol. The van der Waals surface area contributed by atoms with Crippen molar-refractivity contribution in [3.63, 3.8) is 0 Å². The second-order valence-corrected chi connectivity index (χ2v) is 6.35. The molecule has 0 aromatic rings. The van der Waals surface area contributed by atoms with Crippen molar-refractivity contribution in [2.24, 2.45) is 5.41 Å². The number of aliphatic hydroxyl groups is 1. The van der Waals surface area contributed by atoms with Crippen LogP contribution in [0.15, 0.2) is 0 Å². The van der Waals surface area contributed by atoms with E-state index in [-0.39, 0.29) is 11.3 Å². The zero-order valence-corrected chi connectivity index (χ0v) is 12.1. The first kappa shape index (κ1) is 14.8. The Bertz CT molecular complexity index is 305. The molecule has 0 atom stereocenters. The third-order valence-corrected chi connectivity index (χ3v) is 5.08. The van der Waals surface area contributed by atoms with Gasteiger partial charge < -0.3 is 15.7 Å². The van der Waals surface area contributed by atoms with Crippen molar-refractivity contribution < 1.29 is 9.90 Å². The van der Waals surface area contributed by atoms with Crippen molar-refractivity contribution in [1.29, 1.82) is 0 Å². The van der Waals surface area contributed by atoms with Crippen molar-refractivity contribution in [2.45, 2.75) is 63.9 Å². The second kappa shape index (κ2) is 6.23. The van der Waals surface area contributed by atoms with Crippen LogP contribution in [-0.4, -0.2) is 36.2 Å². The number of amides is 1. The predicted octanol–water partition coefficient (Wildman–Crippen LogP) is 1.58. The fraction of sp³-hybridized carbons (Fsp3) is 0.933. The van der Waals surface area contributed by atoms with Crippen LogP contribution in [0.2, 0.25) is 0 Å². The van der Waals surface area contributed by atoms with Crippen LogP contribution in [0.5, 0.6) is 0 Å². The average molecular weight is 268 g/mol. The van der Waals surface area contributed by atoms with Gasteiger partial charge in [-0.3, -0.25) is 4.79 Å². The molecule has 4 nitrogen and oxygen atoms in total. The molecule has 3 N–H and O–H groups in total. The Kier molecular flexibility index (Phi) is 4.85. The molecule has 0 aromatic heterocycles. The van der Waals surface area contributed by atoms with Gasteiger partial charge in [0.15, 0.2) is 0 Å². The van der Waals surface area contributed by atoms with Gasteiger partial charge in [-0.1, -0.05) is 26.2 Å². The lowest BCUT2D eigenvalue weighted by Gasteiger charge is -2.37. The number of rotatable bonds is 4. The van der Waals surface area contributed by atoms with E-state index < -0.39 is 5.60 Å². The van der Waals surface area contributed by atoms with E-state index >= 15 is 0 Å². The van der Waals surface area contributed by atoms with Crippen molar-refractivity contribution in [3.05, 3.63) is 0 Å². The largest absolute Gasteiger partial charge is 0.388 e. The van der Waals surface area contributed by atoms with E-state index in [0.717, 1.165) is 58.0 Å². The summed E-state index contributed by atoms with van der Waals surface area (Å²) in [5, 5.41) is 16.8. The van der Waals surface area contributed by atoms with Crippen LogP contribution in [0.25, 0.3) is 0 Å². The van der Waals surface area contributed by atoms with E-state index in [1.165, 1.54) is 6.42 Å². The minimum absolute atomic E-state index is 0.149. The number of hydrogen-bond donors (Lipinski definition) is 3. The van der Waals surface area contributed by atoms with Crippen LogP contribution in [0, 0.1) is 5.41 Å². The van der Waals surface area contributed by atoms with Crippen LogP contribution in [-0.2, 0) is 4.79 Å². The summed E-state index contributed by atoms with van der Waals surface area (Å²) in [6.45, 7) is 4.37. The molecule has 1 saturated carbocycles. The minimum atomic E-state index is -0.657. The van der Waals surface area contributed by atoms with Gasteiger partial charge in [0.2, 0.25) is 5.91 Å². The predicted molar refractivity (Wildman–Crippen MR) is 75.9 cm³/mol. The van der Waals surface area contributed by atoms with Crippen molar-refractivity contribution >= 4 is 5.91 Å². The first-order valence-corrected chi connectivity index (χ1v) is 7.82. The lowest BCUT2D eigenvalue weighted by Crippen LogP contribution is -2.51. The van der Waals surface area contributed by atoms with E-state index in [0.29, 0.717) is 6.54 Å². The normalized spacial score (nSPS) is 25.8. The number of carbonyl (C=O) groups is 1. The van der Waals surface area contributed by atoms with Gasteiger partial charge in [0.25, 0.3) is 0 Å². The highest BCUT2D eigenvalue weighted by Gasteiger charge is 2.39. The van der Waals surface area contributed by atoms with Crippen LogP contribution in [0.3, 0.4) is 0 Å². The smallest absolute Gasteiger partial charge is 0.226 e. The number of hydrogen-bond acceptors (Lipinski definition) is 3. The van der Waals surface area contributed by atoms with E-state index in [4.69, 9.17) is 0 Å². The van der Waals surface area contributed by atoms with Gasteiger partial charge in [0, 0.05) is 6.54 Å². The summed E-state index contributed by atoms with van der Waals surface area (Å²) in [5.74, 6) is 0.149. The van der Waals surface area contributed by atoms with Gasteiger partial charge in [-0.05, 0) is 45.2 Å². The summed E-state index contributed by atoms with van der Waals surface area (Å²) >= 11 is 0. The molecule has 1 heterocycles. The van der Waals surface area contributed by atoms with Crippen LogP contribution >= 0.6 is 0 Å². The maximum Gasteiger partial charge on any atom is 0.226 e. The molecule has 0 unspecified atom stereocenters. The van der Waals surface area contributed by atoms with Gasteiger partial charge in [-0.15, -0.1) is 0 Å². The molecule has 4 heteroatoms. The molecule has 1 aliphatic carbocycles. The molecule has 2 rings (SSSR count). The van der Waals surface area contributed by atoms with Gasteiger partial charge in [-0.2, -0.15) is 0 Å². The van der Waals surface area contributed by atoms with Gasteiger partial charge in [0.1, 0.15) is 0 Å². The molecule has 2 aliphatic rings. The maximum absolute atomic E-state index is 12.5. The fourth-order valence-electron chi connectivity index (χ4n) is 3.47. The summed E-state index contributed by atoms with van der Waals surface area (Å²) in [7, 11) is 0. The Morgan fingerprint density at radius 2 is 1.79 bits per heavy atom. The number of nitrogens with one attached hydrogen (secondary N) is 2. The van der Waals surface area contributed by atoms with Crippen LogP contribution < -0.4 is 10.6 Å². The first-order chi connectivity index (χ1) is 9.10. The minimum Gasteiger partial charge on any atom is -0.388 e. The topological polar surface area (TPSA) is 61.4 Å². The van der Waals surface area contributed by atoms with Gasteiger partial charge in [-0.25, -0.2) is 0 Å². The molecule has 2 fully saturated rings. The SMILES string of the molecule is CCC1(C(=O)NCC2(O)CCCCC2)CCNCC1. The van der Waals surface area contributed by atoms with E-state index in [1.807, 2.05) is 0 Å². The molecule has 110 valence electrons. The van der Waals surface area contributed by atoms with Gasteiger partial charge >= 0.3 is 0 Å². The molecule has 0 aromatic carbocycles. The summed E-state index contributed by atoms with van der Waals surface area (Å²) in [6, 6.07) is 0. The highest BCUT2D eigenvalue weighted by Crippen LogP contribution is 2.33. The van der Waals surface area contributed by atoms with Crippen LogP contribution in [0.4, 0.5) is 0 Å². The number of carbonyl (C=O) groups excluding carboxylic acids is 1. The second-order valence-electron chi connectivity index (χ2n) is 6.35. The summed E-state index contributed by atoms with van der Waals surface area (Å²) in [4.78, 5) is 12.5. The summed E-state index contributed by atoms with van der Waals surface area (Å²) < 4.78 is 0. The number of piperidine rings is 1. The molecule has 1 amide bonds. The Morgan fingerprint density at radius 1 is 1.16 bits per heavy atom. The van der Waals surface area contributed by atoms with Gasteiger partial charge in [0.05, 0.1) is 11.0 Å². The zero-order valence-electron chi connectivity index (χ0n) is 12.1.